The molecular weight excluding hydrogens is 370 g/mol. The summed E-state index contributed by atoms with van der Waals surface area (Å²) in [5.41, 5.74) is 8.36. The van der Waals surface area contributed by atoms with E-state index < -0.39 is 18.0 Å². The molecule has 29 heavy (non-hydrogen) atoms. The van der Waals surface area contributed by atoms with Crippen LogP contribution in [0.3, 0.4) is 0 Å². The molecular formula is C22H28N3O4+. The van der Waals surface area contributed by atoms with Gasteiger partial charge in [-0.1, -0.05) is 30.3 Å². The Kier molecular flexibility index (Phi) is 6.72. The summed E-state index contributed by atoms with van der Waals surface area (Å²) in [5.74, 6) is 1.08. The van der Waals surface area contributed by atoms with Crippen molar-refractivity contribution in [2.45, 2.75) is 32.9 Å². The normalized spacial score (nSPS) is 16.4. The van der Waals surface area contributed by atoms with Gasteiger partial charge in [-0.15, -0.1) is 0 Å². The monoisotopic (exact) mass is 398 g/mol. The van der Waals surface area contributed by atoms with Gasteiger partial charge in [-0.05, 0) is 31.5 Å². The molecule has 0 aliphatic carbocycles. The van der Waals surface area contributed by atoms with Crippen molar-refractivity contribution in [3.63, 3.8) is 0 Å². The van der Waals surface area contributed by atoms with Crippen LogP contribution in [0.25, 0.3) is 0 Å². The Morgan fingerprint density at radius 3 is 2.28 bits per heavy atom. The lowest BCUT2D eigenvalue weighted by Gasteiger charge is -2.32. The Hall–Kier alpha value is -3.06. The number of carbonyl (C=O) groups excluding carboxylic acids is 2. The van der Waals surface area contributed by atoms with E-state index in [-0.39, 0.29) is 0 Å². The van der Waals surface area contributed by atoms with E-state index in [4.69, 9.17) is 15.2 Å². The zero-order chi connectivity index (χ0) is 20.8. The smallest absolute Gasteiger partial charge is 0.319 e. The van der Waals surface area contributed by atoms with E-state index in [1.165, 1.54) is 5.56 Å². The molecule has 1 aliphatic heterocycles. The Balaban J connectivity index is 1.92. The topological polar surface area (TPSA) is 95.1 Å². The molecule has 0 saturated heterocycles. The first-order valence-electron chi connectivity index (χ1n) is 9.94. The summed E-state index contributed by atoms with van der Waals surface area (Å²) < 4.78 is 11.5. The van der Waals surface area contributed by atoms with Crippen LogP contribution in [-0.4, -0.2) is 31.7 Å². The van der Waals surface area contributed by atoms with Crippen molar-refractivity contribution in [2.75, 3.05) is 19.8 Å². The highest BCUT2D eigenvalue weighted by atomic mass is 16.5. The quantitative estimate of drug-likeness (QED) is 0.656. The second-order valence-electron chi connectivity index (χ2n) is 6.97. The van der Waals surface area contributed by atoms with Crippen molar-refractivity contribution in [2.24, 2.45) is 5.73 Å². The first-order valence-corrected chi connectivity index (χ1v) is 9.94. The number of fused-ring (bicyclic) bond motifs is 1. The maximum Gasteiger partial charge on any atom is 0.319 e. The molecule has 0 bridgehead atoms. The minimum absolute atomic E-state index is 0.391. The third-order valence-corrected chi connectivity index (χ3v) is 5.05. The summed E-state index contributed by atoms with van der Waals surface area (Å²) in [6.45, 7) is 6.38. The van der Waals surface area contributed by atoms with E-state index >= 15 is 0 Å². The number of quaternary nitrogens is 1. The molecule has 0 radical (unpaired) electrons. The number of primary amides is 1. The maximum atomic E-state index is 12.8. The van der Waals surface area contributed by atoms with Crippen LogP contribution in [0.4, 0.5) is 4.79 Å². The van der Waals surface area contributed by atoms with Gasteiger partial charge in [0.05, 0.1) is 19.8 Å². The van der Waals surface area contributed by atoms with E-state index in [9.17, 15) is 9.59 Å². The highest BCUT2D eigenvalue weighted by molar-refractivity contribution is 5.96. The number of nitrogens with two attached hydrogens (primary N) is 1. The number of imide groups is 1. The maximum absolute atomic E-state index is 12.8. The lowest BCUT2D eigenvalue weighted by molar-refractivity contribution is -0.937. The van der Waals surface area contributed by atoms with Crippen LogP contribution in [0.15, 0.2) is 42.5 Å². The number of carbonyl (C=O) groups is 2. The Bertz CT molecular complexity index is 870. The number of ether oxygens (including phenoxy) is 2. The second kappa shape index (κ2) is 9.43. The Morgan fingerprint density at radius 1 is 1.07 bits per heavy atom. The molecule has 3 rings (SSSR count). The number of hydrogen-bond donors (Lipinski definition) is 3. The van der Waals surface area contributed by atoms with Gasteiger partial charge in [0, 0.05) is 17.5 Å². The summed E-state index contributed by atoms with van der Waals surface area (Å²) in [4.78, 5) is 25.1. The number of urea groups is 1. The lowest BCUT2D eigenvalue weighted by Crippen LogP contribution is -3.13. The molecule has 1 aliphatic rings. The second-order valence-corrected chi connectivity index (χ2v) is 6.97. The van der Waals surface area contributed by atoms with Crippen LogP contribution in [0, 0.1) is 0 Å². The van der Waals surface area contributed by atoms with E-state index in [0.717, 1.165) is 34.7 Å². The number of amides is 3. The highest BCUT2D eigenvalue weighted by Gasteiger charge is 2.35. The van der Waals surface area contributed by atoms with Gasteiger partial charge in [-0.25, -0.2) is 4.79 Å². The van der Waals surface area contributed by atoms with Crippen molar-refractivity contribution >= 4 is 11.9 Å². The summed E-state index contributed by atoms with van der Waals surface area (Å²) in [5, 5.41) is 2.25. The predicted octanol–water partition coefficient (Wildman–Crippen LogP) is 1.36. The SMILES string of the molecule is CCOc1cc2c(cc1OCC)C[NH+]([C@H](C(=O)NC(N)=O)c1ccccc1)CC2. The zero-order valence-corrected chi connectivity index (χ0v) is 16.9. The van der Waals surface area contributed by atoms with Gasteiger partial charge in [0.25, 0.3) is 5.91 Å². The van der Waals surface area contributed by atoms with Crippen molar-refractivity contribution in [3.8, 4) is 11.5 Å². The molecule has 0 aromatic heterocycles. The molecule has 3 amide bonds. The van der Waals surface area contributed by atoms with Crippen LogP contribution >= 0.6 is 0 Å². The van der Waals surface area contributed by atoms with E-state index in [0.29, 0.717) is 25.5 Å². The van der Waals surface area contributed by atoms with E-state index in [1.807, 2.05) is 56.3 Å². The van der Waals surface area contributed by atoms with Crippen LogP contribution in [-0.2, 0) is 17.8 Å². The minimum Gasteiger partial charge on any atom is -0.490 e. The van der Waals surface area contributed by atoms with Crippen LogP contribution < -0.4 is 25.4 Å². The van der Waals surface area contributed by atoms with Gasteiger partial charge in [-0.3, -0.25) is 10.1 Å². The zero-order valence-electron chi connectivity index (χ0n) is 16.9. The number of rotatable bonds is 7. The molecule has 2 aromatic rings. The van der Waals surface area contributed by atoms with Gasteiger partial charge in [0.1, 0.15) is 6.54 Å². The molecule has 0 saturated carbocycles. The summed E-state index contributed by atoms with van der Waals surface area (Å²) in [6.07, 6.45) is 0.796. The van der Waals surface area contributed by atoms with Gasteiger partial charge >= 0.3 is 6.03 Å². The van der Waals surface area contributed by atoms with Gasteiger partial charge in [-0.2, -0.15) is 0 Å². The van der Waals surface area contributed by atoms with Crippen LogP contribution in [0.5, 0.6) is 11.5 Å². The molecule has 0 spiro atoms. The molecule has 1 unspecified atom stereocenters. The molecule has 7 heteroatoms. The van der Waals surface area contributed by atoms with Crippen molar-refractivity contribution < 1.29 is 24.0 Å². The van der Waals surface area contributed by atoms with Crippen LogP contribution in [0.2, 0.25) is 0 Å². The first-order chi connectivity index (χ1) is 14.0. The standard InChI is InChI=1S/C22H27N3O4/c1-3-28-18-12-16-10-11-25(14-17(16)13-19(18)29-4-2)20(21(26)24-22(23)27)15-8-6-5-7-9-15/h5-9,12-13,20H,3-4,10-11,14H2,1-2H3,(H3,23,24,26,27)/p+1/t20-/m0/s1. The van der Waals surface area contributed by atoms with Crippen molar-refractivity contribution in [1.29, 1.82) is 0 Å². The summed E-state index contributed by atoms with van der Waals surface area (Å²) in [6, 6.07) is 12.2. The molecule has 2 aromatic carbocycles. The average Bonchev–Trinajstić information content (AvgIpc) is 2.69. The van der Waals surface area contributed by atoms with E-state index in [2.05, 4.69) is 5.32 Å². The van der Waals surface area contributed by atoms with Crippen molar-refractivity contribution in [1.82, 2.24) is 5.32 Å². The molecule has 7 nitrogen and oxygen atoms in total. The average molecular weight is 398 g/mol. The third kappa shape index (κ3) is 4.86. The van der Waals surface area contributed by atoms with E-state index in [1.54, 1.807) is 0 Å². The fourth-order valence-corrected chi connectivity index (χ4v) is 3.86. The molecule has 2 atom stereocenters. The lowest BCUT2D eigenvalue weighted by atomic mass is 9.95. The molecule has 1 heterocycles. The summed E-state index contributed by atoms with van der Waals surface area (Å²) in [7, 11) is 0. The first kappa shape index (κ1) is 20.7. The molecule has 154 valence electrons. The molecule has 4 N–H and O–H groups in total. The van der Waals surface area contributed by atoms with Gasteiger partial charge < -0.3 is 20.1 Å². The van der Waals surface area contributed by atoms with Crippen LogP contribution in [0.1, 0.15) is 36.6 Å². The Morgan fingerprint density at radius 2 is 1.69 bits per heavy atom. The highest BCUT2D eigenvalue weighted by Crippen LogP contribution is 2.32. The number of hydrogen-bond acceptors (Lipinski definition) is 4. The fourth-order valence-electron chi connectivity index (χ4n) is 3.86. The predicted molar refractivity (Wildman–Crippen MR) is 109 cm³/mol. The number of benzene rings is 2. The largest absolute Gasteiger partial charge is 0.490 e. The minimum atomic E-state index is -0.840. The van der Waals surface area contributed by atoms with Gasteiger partial charge in [0.2, 0.25) is 0 Å². The van der Waals surface area contributed by atoms with Gasteiger partial charge in [0.15, 0.2) is 17.5 Å². The molecule has 0 fully saturated rings. The number of nitrogens with one attached hydrogen (secondary N) is 2. The summed E-state index contributed by atoms with van der Waals surface area (Å²) >= 11 is 0. The third-order valence-electron chi connectivity index (χ3n) is 5.05. The van der Waals surface area contributed by atoms with Crippen molar-refractivity contribution in [3.05, 3.63) is 59.2 Å². The Labute approximate surface area is 170 Å². The fraction of sp³-hybridized carbons (Fsp3) is 0.364.